The Labute approximate surface area is 133 Å². The van der Waals surface area contributed by atoms with Crippen LogP contribution in [0.3, 0.4) is 0 Å². The van der Waals surface area contributed by atoms with Crippen LogP contribution in [0, 0.1) is 0 Å². The van der Waals surface area contributed by atoms with E-state index in [9.17, 15) is 22.8 Å². The molecule has 8 heteroatoms. The summed E-state index contributed by atoms with van der Waals surface area (Å²) in [4.78, 5) is 27.7. The highest BCUT2D eigenvalue weighted by Crippen LogP contribution is 2.31. The molecule has 0 fully saturated rings. The number of para-hydroxylation sites is 1. The molecule has 3 rings (SSSR count). The number of nitrogens with one attached hydrogen (secondary N) is 1. The van der Waals surface area contributed by atoms with Crippen LogP contribution >= 0.6 is 0 Å². The number of nitrogens with zero attached hydrogens (tertiary/aromatic N) is 1. The molecule has 2 heterocycles. The summed E-state index contributed by atoms with van der Waals surface area (Å²) in [5.74, 6) is -2.05. The predicted octanol–water partition coefficient (Wildman–Crippen LogP) is 3.42. The summed E-state index contributed by atoms with van der Waals surface area (Å²) in [6.45, 7) is 0. The maximum absolute atomic E-state index is 12.9. The van der Waals surface area contributed by atoms with E-state index in [4.69, 9.17) is 4.42 Å². The van der Waals surface area contributed by atoms with Gasteiger partial charge in [-0.2, -0.15) is 13.2 Å². The zero-order valence-corrected chi connectivity index (χ0v) is 11.9. The molecule has 0 aliphatic carbocycles. The van der Waals surface area contributed by atoms with E-state index in [0.717, 1.165) is 18.7 Å². The highest BCUT2D eigenvalue weighted by Gasteiger charge is 2.35. The molecule has 0 unspecified atom stereocenters. The van der Waals surface area contributed by atoms with Crippen molar-refractivity contribution >= 4 is 22.8 Å². The number of halogens is 3. The number of rotatable bonds is 2. The molecule has 0 spiro atoms. The van der Waals surface area contributed by atoms with Crippen molar-refractivity contribution in [2.45, 2.75) is 6.18 Å². The smallest absolute Gasteiger partial charge is 0.417 e. The molecule has 1 N–H and O–H groups in total. The number of alkyl halides is 3. The van der Waals surface area contributed by atoms with E-state index >= 15 is 0 Å². The lowest BCUT2D eigenvalue weighted by molar-refractivity contribution is -0.138. The van der Waals surface area contributed by atoms with Crippen LogP contribution in [0.15, 0.2) is 53.4 Å². The number of fused-ring (bicyclic) bond motifs is 1. The molecule has 0 saturated carbocycles. The van der Waals surface area contributed by atoms with Crippen LogP contribution in [-0.2, 0) is 6.18 Å². The normalized spacial score (nSPS) is 11.5. The van der Waals surface area contributed by atoms with Gasteiger partial charge in [0.1, 0.15) is 11.8 Å². The maximum atomic E-state index is 12.9. The number of hydrogen-bond donors (Lipinski definition) is 1. The van der Waals surface area contributed by atoms with Crippen LogP contribution in [0.5, 0.6) is 0 Å². The van der Waals surface area contributed by atoms with Gasteiger partial charge in [-0.25, -0.2) is 0 Å². The minimum atomic E-state index is -4.74. The standard InChI is InChI=1S/C16H9F3N2O3/c17-16(18,19)12-5-6-20-7-10(12)14(22)21-15(23)11-8-24-13-4-2-1-3-9(11)13/h1-8H,(H,21,22,23). The van der Waals surface area contributed by atoms with Crippen LogP contribution in [0.1, 0.15) is 26.3 Å². The number of benzene rings is 1. The Hall–Kier alpha value is -3.16. The van der Waals surface area contributed by atoms with E-state index in [1.165, 1.54) is 0 Å². The summed E-state index contributed by atoms with van der Waals surface area (Å²) in [6, 6.07) is 7.26. The Bertz CT molecular complexity index is 931. The Morgan fingerprint density at radius 2 is 1.75 bits per heavy atom. The van der Waals surface area contributed by atoms with Crippen LogP contribution in [0.2, 0.25) is 0 Å². The first-order valence-corrected chi connectivity index (χ1v) is 6.71. The van der Waals surface area contributed by atoms with Crippen molar-refractivity contribution in [2.75, 3.05) is 0 Å². The van der Waals surface area contributed by atoms with Gasteiger partial charge in [-0.3, -0.25) is 19.9 Å². The van der Waals surface area contributed by atoms with Crippen molar-refractivity contribution in [3.8, 4) is 0 Å². The summed E-state index contributed by atoms with van der Waals surface area (Å²) in [6.07, 6.45) is -1.91. The number of amides is 2. The lowest BCUT2D eigenvalue weighted by Gasteiger charge is -2.11. The van der Waals surface area contributed by atoms with E-state index < -0.39 is 29.1 Å². The second kappa shape index (κ2) is 5.80. The van der Waals surface area contributed by atoms with Gasteiger partial charge in [-0.1, -0.05) is 18.2 Å². The fraction of sp³-hybridized carbons (Fsp3) is 0.0625. The minimum Gasteiger partial charge on any atom is -0.463 e. The molecular weight excluding hydrogens is 325 g/mol. The summed E-state index contributed by atoms with van der Waals surface area (Å²) in [5, 5.41) is 2.37. The number of carbonyl (C=O) groups excluding carboxylic acids is 2. The maximum Gasteiger partial charge on any atom is 0.417 e. The summed E-state index contributed by atoms with van der Waals surface area (Å²) < 4.78 is 43.9. The van der Waals surface area contributed by atoms with Gasteiger partial charge in [0.25, 0.3) is 11.8 Å². The van der Waals surface area contributed by atoms with Gasteiger partial charge in [0.15, 0.2) is 0 Å². The highest BCUT2D eigenvalue weighted by molar-refractivity contribution is 6.15. The Morgan fingerprint density at radius 3 is 2.50 bits per heavy atom. The Kier molecular flexibility index (Phi) is 3.80. The molecular formula is C16H9F3N2O3. The largest absolute Gasteiger partial charge is 0.463 e. The lowest BCUT2D eigenvalue weighted by Crippen LogP contribution is -2.32. The summed E-state index contributed by atoms with van der Waals surface area (Å²) >= 11 is 0. The van der Waals surface area contributed by atoms with Crippen LogP contribution in [-0.4, -0.2) is 16.8 Å². The summed E-state index contributed by atoms with van der Waals surface area (Å²) in [7, 11) is 0. The molecule has 0 aliphatic heterocycles. The molecule has 0 saturated heterocycles. The molecule has 24 heavy (non-hydrogen) atoms. The predicted molar refractivity (Wildman–Crippen MR) is 77.2 cm³/mol. The zero-order valence-electron chi connectivity index (χ0n) is 11.9. The molecule has 0 bridgehead atoms. The van der Waals surface area contributed by atoms with Gasteiger partial charge in [0.2, 0.25) is 0 Å². The molecule has 2 amide bonds. The Balaban J connectivity index is 1.89. The number of carbonyl (C=O) groups is 2. The molecule has 0 radical (unpaired) electrons. The van der Waals surface area contributed by atoms with Gasteiger partial charge in [-0.15, -0.1) is 0 Å². The second-order valence-corrected chi connectivity index (χ2v) is 4.85. The third kappa shape index (κ3) is 2.85. The van der Waals surface area contributed by atoms with Crippen LogP contribution in [0.25, 0.3) is 11.0 Å². The fourth-order valence-corrected chi connectivity index (χ4v) is 2.21. The topological polar surface area (TPSA) is 72.2 Å². The quantitative estimate of drug-likeness (QED) is 0.729. The van der Waals surface area contributed by atoms with Gasteiger partial charge in [0.05, 0.1) is 16.7 Å². The van der Waals surface area contributed by atoms with Gasteiger partial charge in [-0.05, 0) is 12.1 Å². The molecule has 1 aromatic carbocycles. The van der Waals surface area contributed by atoms with Crippen molar-refractivity contribution in [1.29, 1.82) is 0 Å². The first-order chi connectivity index (χ1) is 11.4. The lowest BCUT2D eigenvalue weighted by atomic mass is 10.1. The average molecular weight is 334 g/mol. The van der Waals surface area contributed by atoms with Crippen molar-refractivity contribution in [3.63, 3.8) is 0 Å². The van der Waals surface area contributed by atoms with Gasteiger partial charge < -0.3 is 4.42 Å². The molecule has 3 aromatic rings. The van der Waals surface area contributed by atoms with Gasteiger partial charge >= 0.3 is 6.18 Å². The molecule has 5 nitrogen and oxygen atoms in total. The van der Waals surface area contributed by atoms with E-state index in [0.29, 0.717) is 17.0 Å². The van der Waals surface area contributed by atoms with E-state index in [1.807, 2.05) is 5.32 Å². The molecule has 2 aromatic heterocycles. The number of furan rings is 1. The second-order valence-electron chi connectivity index (χ2n) is 4.85. The zero-order chi connectivity index (χ0) is 17.3. The average Bonchev–Trinajstić information content (AvgIpc) is 2.98. The van der Waals surface area contributed by atoms with Crippen LogP contribution < -0.4 is 5.32 Å². The fourth-order valence-electron chi connectivity index (χ4n) is 2.21. The Morgan fingerprint density at radius 1 is 1.04 bits per heavy atom. The van der Waals surface area contributed by atoms with Crippen molar-refractivity contribution in [1.82, 2.24) is 10.3 Å². The van der Waals surface area contributed by atoms with E-state index in [2.05, 4.69) is 4.98 Å². The van der Waals surface area contributed by atoms with Crippen molar-refractivity contribution in [2.24, 2.45) is 0 Å². The SMILES string of the molecule is O=C(NC(=O)c1coc2ccccc12)c1cnccc1C(F)(F)F. The van der Waals surface area contributed by atoms with Crippen molar-refractivity contribution in [3.05, 3.63) is 65.7 Å². The number of hydrogen-bond acceptors (Lipinski definition) is 4. The van der Waals surface area contributed by atoms with E-state index in [-0.39, 0.29) is 5.56 Å². The van der Waals surface area contributed by atoms with E-state index in [1.54, 1.807) is 24.3 Å². The molecule has 122 valence electrons. The number of imide groups is 1. The highest BCUT2D eigenvalue weighted by atomic mass is 19.4. The van der Waals surface area contributed by atoms with Crippen molar-refractivity contribution < 1.29 is 27.2 Å². The molecule has 0 aliphatic rings. The first kappa shape index (κ1) is 15.7. The van der Waals surface area contributed by atoms with Gasteiger partial charge in [0, 0.05) is 17.8 Å². The van der Waals surface area contributed by atoms with Crippen LogP contribution in [0.4, 0.5) is 13.2 Å². The third-order valence-corrected chi connectivity index (χ3v) is 3.32. The summed E-state index contributed by atoms with van der Waals surface area (Å²) in [5.41, 5.74) is -1.42. The number of aromatic nitrogens is 1. The monoisotopic (exact) mass is 334 g/mol. The minimum absolute atomic E-state index is 0.0522. The first-order valence-electron chi connectivity index (χ1n) is 6.71. The number of pyridine rings is 1. The third-order valence-electron chi connectivity index (χ3n) is 3.32. The molecule has 0 atom stereocenters.